The first-order chi connectivity index (χ1) is 12.9. The number of carbonyl (C=O) groups excluding carboxylic acids is 1. The number of carbonyl (C=O) groups is 1. The summed E-state index contributed by atoms with van der Waals surface area (Å²) in [5.74, 6) is -0.416. The molecule has 1 amide bonds. The molecule has 27 heavy (non-hydrogen) atoms. The zero-order valence-electron chi connectivity index (χ0n) is 15.2. The van der Waals surface area contributed by atoms with Gasteiger partial charge in [0.25, 0.3) is 0 Å². The van der Waals surface area contributed by atoms with E-state index in [1.54, 1.807) is 24.3 Å². The summed E-state index contributed by atoms with van der Waals surface area (Å²) in [6.07, 6.45) is 1.38. The van der Waals surface area contributed by atoms with Crippen molar-refractivity contribution < 1.29 is 13.2 Å². The summed E-state index contributed by atoms with van der Waals surface area (Å²) < 4.78 is 28.0. The fourth-order valence-corrected chi connectivity index (χ4v) is 4.96. The fraction of sp³-hybridized carbons (Fsp3) is 0.350. The molecule has 1 unspecified atom stereocenters. The molecular weight excluding hydrogens is 428 g/mol. The fourth-order valence-electron chi connectivity index (χ4n) is 3.17. The Hall–Kier alpha value is -1.70. The highest BCUT2D eigenvalue weighted by Crippen LogP contribution is 2.25. The molecule has 0 aliphatic carbocycles. The van der Waals surface area contributed by atoms with Crippen LogP contribution in [0.3, 0.4) is 0 Å². The summed E-state index contributed by atoms with van der Waals surface area (Å²) >= 11 is 3.32. The summed E-state index contributed by atoms with van der Waals surface area (Å²) in [6.45, 7) is 3.14. The second kappa shape index (κ2) is 8.54. The van der Waals surface area contributed by atoms with Gasteiger partial charge in [-0.2, -0.15) is 4.31 Å². The minimum Gasteiger partial charge on any atom is -0.352 e. The van der Waals surface area contributed by atoms with Crippen molar-refractivity contribution in [1.82, 2.24) is 9.62 Å². The van der Waals surface area contributed by atoms with Crippen molar-refractivity contribution >= 4 is 31.9 Å². The molecule has 2 aromatic carbocycles. The van der Waals surface area contributed by atoms with Gasteiger partial charge >= 0.3 is 0 Å². The van der Waals surface area contributed by atoms with E-state index in [1.165, 1.54) is 9.87 Å². The number of benzene rings is 2. The van der Waals surface area contributed by atoms with Gasteiger partial charge in [0.05, 0.1) is 10.8 Å². The van der Waals surface area contributed by atoms with Crippen LogP contribution >= 0.6 is 15.9 Å². The van der Waals surface area contributed by atoms with Crippen LogP contribution in [-0.2, 0) is 21.4 Å². The summed E-state index contributed by atoms with van der Waals surface area (Å²) in [7, 11) is -3.58. The number of nitrogens with zero attached hydrogens (tertiary/aromatic N) is 1. The minimum atomic E-state index is -3.58. The molecule has 1 heterocycles. The van der Waals surface area contributed by atoms with Gasteiger partial charge in [0.2, 0.25) is 15.9 Å². The van der Waals surface area contributed by atoms with Crippen LogP contribution in [-0.4, -0.2) is 31.7 Å². The van der Waals surface area contributed by atoms with E-state index in [2.05, 4.69) is 21.2 Å². The van der Waals surface area contributed by atoms with Crippen LogP contribution in [0, 0.1) is 12.8 Å². The van der Waals surface area contributed by atoms with E-state index in [-0.39, 0.29) is 23.3 Å². The third-order valence-corrected chi connectivity index (χ3v) is 7.20. The summed E-state index contributed by atoms with van der Waals surface area (Å²) in [6, 6.07) is 14.6. The largest absolute Gasteiger partial charge is 0.352 e. The van der Waals surface area contributed by atoms with Crippen molar-refractivity contribution in [2.24, 2.45) is 5.92 Å². The van der Waals surface area contributed by atoms with Gasteiger partial charge in [0, 0.05) is 24.1 Å². The molecule has 1 N–H and O–H groups in total. The molecule has 1 aliphatic heterocycles. The van der Waals surface area contributed by atoms with Crippen LogP contribution in [0.25, 0.3) is 0 Å². The Morgan fingerprint density at radius 3 is 2.48 bits per heavy atom. The minimum absolute atomic E-state index is 0.0914. The van der Waals surface area contributed by atoms with Gasteiger partial charge < -0.3 is 5.32 Å². The quantitative estimate of drug-likeness (QED) is 0.757. The summed E-state index contributed by atoms with van der Waals surface area (Å²) in [5.41, 5.74) is 2.20. The standard InChI is InChI=1S/C20H23BrN2O3S/c1-15-4-6-16(7-5-15)13-22-20(24)17-3-2-12-23(14-17)27(25,26)19-10-8-18(21)9-11-19/h4-11,17H,2-3,12-14H2,1H3,(H,22,24). The number of sulfonamides is 1. The SMILES string of the molecule is Cc1ccc(CNC(=O)C2CCCN(S(=O)(=O)c3ccc(Br)cc3)C2)cc1. The van der Waals surface area contributed by atoms with Crippen LogP contribution in [0.4, 0.5) is 0 Å². The zero-order valence-corrected chi connectivity index (χ0v) is 17.6. The Morgan fingerprint density at radius 1 is 1.15 bits per heavy atom. The number of nitrogens with one attached hydrogen (secondary N) is 1. The van der Waals surface area contributed by atoms with Gasteiger partial charge in [-0.25, -0.2) is 8.42 Å². The molecule has 5 nitrogen and oxygen atoms in total. The van der Waals surface area contributed by atoms with Crippen LogP contribution in [0.1, 0.15) is 24.0 Å². The van der Waals surface area contributed by atoms with Crippen molar-refractivity contribution in [3.63, 3.8) is 0 Å². The van der Waals surface area contributed by atoms with E-state index < -0.39 is 10.0 Å². The van der Waals surface area contributed by atoms with E-state index >= 15 is 0 Å². The van der Waals surface area contributed by atoms with Crippen LogP contribution in [0.2, 0.25) is 0 Å². The lowest BCUT2D eigenvalue weighted by atomic mass is 9.98. The first-order valence-electron chi connectivity index (χ1n) is 8.95. The Labute approximate surface area is 169 Å². The topological polar surface area (TPSA) is 66.5 Å². The molecule has 1 saturated heterocycles. The Kier molecular flexibility index (Phi) is 6.34. The third kappa shape index (κ3) is 4.97. The van der Waals surface area contributed by atoms with Crippen molar-refractivity contribution in [2.75, 3.05) is 13.1 Å². The normalized spacial score (nSPS) is 18.2. The smallest absolute Gasteiger partial charge is 0.243 e. The van der Waals surface area contributed by atoms with Crippen molar-refractivity contribution in [1.29, 1.82) is 0 Å². The third-order valence-electron chi connectivity index (χ3n) is 4.79. The lowest BCUT2D eigenvalue weighted by molar-refractivity contribution is -0.126. The van der Waals surface area contributed by atoms with Crippen LogP contribution in [0.15, 0.2) is 57.9 Å². The molecule has 2 aromatic rings. The highest BCUT2D eigenvalue weighted by Gasteiger charge is 2.33. The number of aryl methyl sites for hydroxylation is 1. The molecule has 7 heteroatoms. The second-order valence-electron chi connectivity index (χ2n) is 6.86. The molecule has 0 radical (unpaired) electrons. The molecule has 144 valence electrons. The number of piperidine rings is 1. The molecule has 0 saturated carbocycles. The molecule has 0 bridgehead atoms. The van der Waals surface area contributed by atoms with E-state index in [0.29, 0.717) is 25.9 Å². The molecule has 1 fully saturated rings. The van der Waals surface area contributed by atoms with Crippen LogP contribution in [0.5, 0.6) is 0 Å². The highest BCUT2D eigenvalue weighted by atomic mass is 79.9. The summed E-state index contributed by atoms with van der Waals surface area (Å²) in [5, 5.41) is 2.94. The maximum Gasteiger partial charge on any atom is 0.243 e. The number of amides is 1. The van der Waals surface area contributed by atoms with E-state index in [9.17, 15) is 13.2 Å². The van der Waals surface area contributed by atoms with Crippen molar-refractivity contribution in [2.45, 2.75) is 31.2 Å². The lowest BCUT2D eigenvalue weighted by Crippen LogP contribution is -2.45. The number of hydrogen-bond acceptors (Lipinski definition) is 3. The van der Waals surface area contributed by atoms with Gasteiger partial charge in [-0.1, -0.05) is 45.8 Å². The number of rotatable bonds is 5. The maximum absolute atomic E-state index is 12.9. The molecule has 0 aromatic heterocycles. The van der Waals surface area contributed by atoms with E-state index in [1.807, 2.05) is 31.2 Å². The Morgan fingerprint density at radius 2 is 1.81 bits per heavy atom. The molecule has 3 rings (SSSR count). The average Bonchev–Trinajstić information content (AvgIpc) is 2.68. The van der Waals surface area contributed by atoms with Gasteiger partial charge in [-0.05, 0) is 49.6 Å². The predicted molar refractivity (Wildman–Crippen MR) is 109 cm³/mol. The Bertz CT molecular complexity index is 896. The average molecular weight is 451 g/mol. The lowest BCUT2D eigenvalue weighted by Gasteiger charge is -2.31. The van der Waals surface area contributed by atoms with Gasteiger partial charge in [0.15, 0.2) is 0 Å². The first-order valence-corrected chi connectivity index (χ1v) is 11.2. The number of halogens is 1. The molecule has 1 atom stereocenters. The molecule has 1 aliphatic rings. The Balaban J connectivity index is 1.63. The van der Waals surface area contributed by atoms with Crippen molar-refractivity contribution in [3.05, 3.63) is 64.1 Å². The van der Waals surface area contributed by atoms with Gasteiger partial charge in [-0.3, -0.25) is 4.79 Å². The first kappa shape index (κ1) is 20.0. The van der Waals surface area contributed by atoms with E-state index in [4.69, 9.17) is 0 Å². The molecule has 0 spiro atoms. The number of hydrogen-bond donors (Lipinski definition) is 1. The van der Waals surface area contributed by atoms with E-state index in [0.717, 1.165) is 10.0 Å². The monoisotopic (exact) mass is 450 g/mol. The second-order valence-corrected chi connectivity index (χ2v) is 9.71. The van der Waals surface area contributed by atoms with Gasteiger partial charge in [0.1, 0.15) is 0 Å². The highest BCUT2D eigenvalue weighted by molar-refractivity contribution is 9.10. The predicted octanol–water partition coefficient (Wildman–Crippen LogP) is 3.47. The van der Waals surface area contributed by atoms with Crippen molar-refractivity contribution in [3.8, 4) is 0 Å². The zero-order chi connectivity index (χ0) is 19.4. The maximum atomic E-state index is 12.9. The van der Waals surface area contributed by atoms with Crippen LogP contribution < -0.4 is 5.32 Å². The van der Waals surface area contributed by atoms with Gasteiger partial charge in [-0.15, -0.1) is 0 Å². The summed E-state index contributed by atoms with van der Waals surface area (Å²) in [4.78, 5) is 12.8. The molecular formula is C20H23BrN2O3S.